The first-order valence-corrected chi connectivity index (χ1v) is 8.35. The van der Waals surface area contributed by atoms with Crippen molar-refractivity contribution in [3.8, 4) is 0 Å². The Kier molecular flexibility index (Phi) is 5.07. The first-order chi connectivity index (χ1) is 12.7. The molecule has 0 saturated heterocycles. The van der Waals surface area contributed by atoms with E-state index in [1.807, 2.05) is 24.3 Å². The minimum absolute atomic E-state index is 0.0136. The number of fused-ring (bicyclic) bond motifs is 1. The average molecular weight is 377 g/mol. The van der Waals surface area contributed by atoms with Gasteiger partial charge in [-0.25, -0.2) is 4.79 Å². The Balaban J connectivity index is 1.80. The molecule has 27 heavy (non-hydrogen) atoms. The van der Waals surface area contributed by atoms with E-state index >= 15 is 0 Å². The molecule has 0 bridgehead atoms. The van der Waals surface area contributed by atoms with Crippen molar-refractivity contribution in [3.63, 3.8) is 0 Å². The van der Waals surface area contributed by atoms with Gasteiger partial charge >= 0.3 is 12.2 Å². The molecule has 0 saturated carbocycles. The molecule has 8 heteroatoms. The summed E-state index contributed by atoms with van der Waals surface area (Å²) in [7, 11) is 0. The van der Waals surface area contributed by atoms with Crippen molar-refractivity contribution in [1.82, 2.24) is 4.90 Å². The Morgan fingerprint density at radius 1 is 1.04 bits per heavy atom. The SMILES string of the molecule is CC(=O)Nc1ccc(NC(=O)N2CCc3ccccc3C2)c(C(F)(F)F)c1. The van der Waals surface area contributed by atoms with Crippen LogP contribution in [0.25, 0.3) is 0 Å². The molecule has 2 aromatic rings. The van der Waals surface area contributed by atoms with Gasteiger partial charge in [-0.15, -0.1) is 0 Å². The fourth-order valence-electron chi connectivity index (χ4n) is 3.03. The molecule has 0 aliphatic carbocycles. The van der Waals surface area contributed by atoms with Gasteiger partial charge in [-0.05, 0) is 35.7 Å². The first-order valence-electron chi connectivity index (χ1n) is 8.35. The molecule has 3 amide bonds. The lowest BCUT2D eigenvalue weighted by molar-refractivity contribution is -0.137. The van der Waals surface area contributed by atoms with Crippen LogP contribution in [0.3, 0.4) is 0 Å². The van der Waals surface area contributed by atoms with Crippen LogP contribution < -0.4 is 10.6 Å². The number of rotatable bonds is 2. The third-order valence-corrected chi connectivity index (χ3v) is 4.30. The highest BCUT2D eigenvalue weighted by Crippen LogP contribution is 2.37. The van der Waals surface area contributed by atoms with Gasteiger partial charge in [0.1, 0.15) is 0 Å². The predicted octanol–water partition coefficient (Wildman–Crippen LogP) is 4.25. The van der Waals surface area contributed by atoms with Gasteiger partial charge in [0.25, 0.3) is 0 Å². The number of amides is 3. The van der Waals surface area contributed by atoms with E-state index in [0.717, 1.165) is 23.3 Å². The maximum absolute atomic E-state index is 13.4. The van der Waals surface area contributed by atoms with Crippen LogP contribution >= 0.6 is 0 Å². The molecular formula is C19H18F3N3O2. The van der Waals surface area contributed by atoms with Crippen molar-refractivity contribution in [2.45, 2.75) is 26.1 Å². The van der Waals surface area contributed by atoms with Gasteiger partial charge in [0.15, 0.2) is 0 Å². The Hall–Kier alpha value is -3.03. The maximum Gasteiger partial charge on any atom is 0.418 e. The van der Waals surface area contributed by atoms with Crippen LogP contribution in [0.4, 0.5) is 29.3 Å². The van der Waals surface area contributed by atoms with E-state index in [-0.39, 0.29) is 11.4 Å². The molecule has 3 rings (SSSR count). The van der Waals surface area contributed by atoms with E-state index in [0.29, 0.717) is 19.5 Å². The van der Waals surface area contributed by atoms with Crippen molar-refractivity contribution in [3.05, 3.63) is 59.2 Å². The number of anilines is 2. The van der Waals surface area contributed by atoms with E-state index in [1.165, 1.54) is 17.9 Å². The highest BCUT2D eigenvalue weighted by Gasteiger charge is 2.35. The number of urea groups is 1. The van der Waals surface area contributed by atoms with Gasteiger partial charge in [-0.1, -0.05) is 24.3 Å². The van der Waals surface area contributed by atoms with E-state index < -0.39 is 23.7 Å². The molecule has 5 nitrogen and oxygen atoms in total. The number of hydrogen-bond acceptors (Lipinski definition) is 2. The lowest BCUT2D eigenvalue weighted by Crippen LogP contribution is -2.39. The summed E-state index contributed by atoms with van der Waals surface area (Å²) in [5.74, 6) is -0.480. The van der Waals surface area contributed by atoms with Gasteiger partial charge in [-0.2, -0.15) is 13.2 Å². The largest absolute Gasteiger partial charge is 0.418 e. The van der Waals surface area contributed by atoms with Crippen LogP contribution in [0, 0.1) is 0 Å². The van der Waals surface area contributed by atoms with Crippen LogP contribution in [0.2, 0.25) is 0 Å². The fraction of sp³-hybridized carbons (Fsp3) is 0.263. The number of benzene rings is 2. The van der Waals surface area contributed by atoms with Crippen LogP contribution in [-0.4, -0.2) is 23.4 Å². The zero-order valence-corrected chi connectivity index (χ0v) is 14.6. The maximum atomic E-state index is 13.4. The third kappa shape index (κ3) is 4.39. The molecular weight excluding hydrogens is 359 g/mol. The molecule has 1 aliphatic heterocycles. The number of alkyl halides is 3. The summed E-state index contributed by atoms with van der Waals surface area (Å²) in [6.45, 7) is 1.97. The molecule has 2 aromatic carbocycles. The van der Waals surface area contributed by atoms with E-state index in [4.69, 9.17) is 0 Å². The van der Waals surface area contributed by atoms with Gasteiger partial charge in [0.2, 0.25) is 5.91 Å². The average Bonchev–Trinajstić information content (AvgIpc) is 2.61. The molecule has 0 fully saturated rings. The molecule has 0 radical (unpaired) electrons. The second kappa shape index (κ2) is 7.30. The molecule has 0 aromatic heterocycles. The molecule has 2 N–H and O–H groups in total. The molecule has 1 heterocycles. The third-order valence-electron chi connectivity index (χ3n) is 4.30. The van der Waals surface area contributed by atoms with E-state index in [1.54, 1.807) is 0 Å². The number of hydrogen-bond donors (Lipinski definition) is 2. The van der Waals surface area contributed by atoms with Crippen molar-refractivity contribution < 1.29 is 22.8 Å². The minimum Gasteiger partial charge on any atom is -0.326 e. The fourth-order valence-corrected chi connectivity index (χ4v) is 3.03. The van der Waals surface area contributed by atoms with Crippen molar-refractivity contribution in [2.75, 3.05) is 17.2 Å². The molecule has 0 spiro atoms. The zero-order chi connectivity index (χ0) is 19.6. The molecule has 0 atom stereocenters. The summed E-state index contributed by atoms with van der Waals surface area (Å²) in [5, 5.41) is 4.66. The molecule has 142 valence electrons. The Bertz CT molecular complexity index is 881. The summed E-state index contributed by atoms with van der Waals surface area (Å²) in [6, 6.07) is 10.3. The minimum atomic E-state index is -4.68. The number of nitrogens with zero attached hydrogens (tertiary/aromatic N) is 1. The second-order valence-electron chi connectivity index (χ2n) is 6.31. The molecule has 1 aliphatic rings. The van der Waals surface area contributed by atoms with Crippen LogP contribution in [0.15, 0.2) is 42.5 Å². The lowest BCUT2D eigenvalue weighted by atomic mass is 10.0. The standard InChI is InChI=1S/C19H18F3N3O2/c1-12(26)23-15-6-7-17(16(10-15)19(20,21)22)24-18(27)25-9-8-13-4-2-3-5-14(13)11-25/h2-7,10H,8-9,11H2,1H3,(H,23,26)(H,24,27). The van der Waals surface area contributed by atoms with E-state index in [2.05, 4.69) is 10.6 Å². The Morgan fingerprint density at radius 2 is 1.74 bits per heavy atom. The summed E-state index contributed by atoms with van der Waals surface area (Å²) in [5.41, 5.74) is 0.771. The summed E-state index contributed by atoms with van der Waals surface area (Å²) < 4.78 is 40.1. The quantitative estimate of drug-likeness (QED) is 0.822. The van der Waals surface area contributed by atoms with Gasteiger partial charge < -0.3 is 15.5 Å². The lowest BCUT2D eigenvalue weighted by Gasteiger charge is -2.29. The summed E-state index contributed by atoms with van der Waals surface area (Å²) in [6.07, 6.45) is -4.03. The van der Waals surface area contributed by atoms with Crippen LogP contribution in [0.5, 0.6) is 0 Å². The number of carbonyl (C=O) groups is 2. The zero-order valence-electron chi connectivity index (χ0n) is 14.6. The Morgan fingerprint density at radius 3 is 2.41 bits per heavy atom. The second-order valence-corrected chi connectivity index (χ2v) is 6.31. The predicted molar refractivity (Wildman–Crippen MR) is 95.3 cm³/mol. The monoisotopic (exact) mass is 377 g/mol. The van der Waals surface area contributed by atoms with E-state index in [9.17, 15) is 22.8 Å². The highest BCUT2D eigenvalue weighted by molar-refractivity contribution is 5.92. The van der Waals surface area contributed by atoms with Crippen molar-refractivity contribution in [1.29, 1.82) is 0 Å². The normalized spacial score (nSPS) is 13.7. The van der Waals surface area contributed by atoms with Crippen molar-refractivity contribution in [2.24, 2.45) is 0 Å². The van der Waals surface area contributed by atoms with Gasteiger partial charge in [-0.3, -0.25) is 4.79 Å². The number of halogens is 3. The number of nitrogens with one attached hydrogen (secondary N) is 2. The van der Waals surface area contributed by atoms with Crippen LogP contribution in [0.1, 0.15) is 23.6 Å². The van der Waals surface area contributed by atoms with Crippen LogP contribution in [-0.2, 0) is 23.9 Å². The molecule has 0 unspecified atom stereocenters. The van der Waals surface area contributed by atoms with Gasteiger partial charge in [0, 0.05) is 25.7 Å². The summed E-state index contributed by atoms with van der Waals surface area (Å²) >= 11 is 0. The topological polar surface area (TPSA) is 61.4 Å². The number of carbonyl (C=O) groups excluding carboxylic acids is 2. The Labute approximate surface area is 154 Å². The smallest absolute Gasteiger partial charge is 0.326 e. The van der Waals surface area contributed by atoms with Crippen molar-refractivity contribution >= 4 is 23.3 Å². The van der Waals surface area contributed by atoms with Gasteiger partial charge in [0.05, 0.1) is 11.3 Å². The summed E-state index contributed by atoms with van der Waals surface area (Å²) in [4.78, 5) is 25.0. The highest BCUT2D eigenvalue weighted by atomic mass is 19.4. The first kappa shape index (κ1) is 18.8.